The second kappa shape index (κ2) is 11.9. The Hall–Kier alpha value is -2.93. The van der Waals surface area contributed by atoms with Gasteiger partial charge in [-0.25, -0.2) is 23.0 Å². The van der Waals surface area contributed by atoms with Crippen LogP contribution in [0.2, 0.25) is 0 Å². The van der Waals surface area contributed by atoms with E-state index in [0.29, 0.717) is 19.4 Å². The summed E-state index contributed by atoms with van der Waals surface area (Å²) in [6.45, 7) is 1.60. The number of pyridine rings is 1. The number of carboxylic acid groups (broad SMARTS) is 1. The van der Waals surface area contributed by atoms with E-state index < -0.39 is 45.5 Å². The third kappa shape index (κ3) is 7.79. The summed E-state index contributed by atoms with van der Waals surface area (Å²) in [7, 11) is -3.39. The maximum Gasteiger partial charge on any atom is 0.329 e. The molecule has 13 heteroatoms. The molecule has 1 aromatic rings. The molecule has 1 saturated heterocycles. The fraction of sp³-hybridized carbons (Fsp3) is 0.652. The van der Waals surface area contributed by atoms with Crippen molar-refractivity contribution < 1.29 is 33.0 Å². The fourth-order valence-electron chi connectivity index (χ4n) is 4.41. The van der Waals surface area contributed by atoms with Crippen molar-refractivity contribution in [3.8, 4) is 0 Å². The molecule has 0 saturated carbocycles. The number of aliphatic carboxylic acids is 1. The first-order valence-corrected chi connectivity index (χ1v) is 14.2. The van der Waals surface area contributed by atoms with Gasteiger partial charge in [-0.2, -0.15) is 0 Å². The molecule has 5 N–H and O–H groups in total. The fourth-order valence-corrected chi connectivity index (χ4v) is 4.96. The Labute approximate surface area is 210 Å². The van der Waals surface area contributed by atoms with Gasteiger partial charge in [-0.3, -0.25) is 4.79 Å². The third-order valence-electron chi connectivity index (χ3n) is 6.54. The molecule has 1 fully saturated rings. The van der Waals surface area contributed by atoms with E-state index in [1.807, 2.05) is 6.07 Å². The minimum absolute atomic E-state index is 0.0458. The minimum Gasteiger partial charge on any atom is -0.480 e. The molecule has 1 atom stereocenters. The highest BCUT2D eigenvalue weighted by Gasteiger charge is 2.45. The molecule has 1 aromatic heterocycles. The molecule has 0 bridgehead atoms. The number of hydrogen-bond donors (Lipinski definition) is 5. The third-order valence-corrected chi connectivity index (χ3v) is 7.49. The summed E-state index contributed by atoms with van der Waals surface area (Å²) in [4.78, 5) is 42.5. The molecule has 2 aliphatic heterocycles. The highest BCUT2D eigenvalue weighted by atomic mass is 32.2. The van der Waals surface area contributed by atoms with Crippen LogP contribution in [-0.2, 0) is 32.3 Å². The Morgan fingerprint density at radius 1 is 1.25 bits per heavy atom. The number of urea groups is 1. The zero-order valence-corrected chi connectivity index (χ0v) is 21.3. The normalized spacial score (nSPS) is 17.9. The summed E-state index contributed by atoms with van der Waals surface area (Å²) in [5, 5.41) is 28.9. The molecular weight excluding hydrogens is 490 g/mol. The van der Waals surface area contributed by atoms with Gasteiger partial charge in [0.2, 0.25) is 5.91 Å². The molecule has 2 aliphatic rings. The number of carboxylic acids is 1. The molecule has 12 nitrogen and oxygen atoms in total. The molecular formula is C23H35N5O7S. The van der Waals surface area contributed by atoms with Gasteiger partial charge in [0.15, 0.2) is 6.04 Å². The zero-order chi connectivity index (χ0) is 26.3. The van der Waals surface area contributed by atoms with Crippen LogP contribution in [0.4, 0.5) is 10.6 Å². The van der Waals surface area contributed by atoms with Gasteiger partial charge < -0.3 is 31.1 Å². The van der Waals surface area contributed by atoms with E-state index >= 15 is 0 Å². The minimum atomic E-state index is -3.39. The van der Waals surface area contributed by atoms with Gasteiger partial charge >= 0.3 is 12.0 Å². The monoisotopic (exact) mass is 525 g/mol. The summed E-state index contributed by atoms with van der Waals surface area (Å²) < 4.78 is 22.5. The quantitative estimate of drug-likeness (QED) is 0.261. The van der Waals surface area contributed by atoms with E-state index in [-0.39, 0.29) is 32.0 Å². The smallest absolute Gasteiger partial charge is 0.329 e. The number of piperidine rings is 1. The lowest BCUT2D eigenvalue weighted by atomic mass is 9.84. The van der Waals surface area contributed by atoms with Crippen LogP contribution in [-0.4, -0.2) is 96.3 Å². The van der Waals surface area contributed by atoms with Crippen molar-refractivity contribution >= 4 is 33.6 Å². The number of nitrogens with zero attached hydrogens (tertiary/aromatic N) is 2. The number of aryl methyl sites for hydroxylation is 2. The number of amides is 3. The number of aliphatic hydroxyl groups is 1. The molecule has 0 aromatic carbocycles. The van der Waals surface area contributed by atoms with E-state index in [1.165, 1.54) is 10.5 Å². The first-order chi connectivity index (χ1) is 17.0. The maximum absolute atomic E-state index is 12.5. The van der Waals surface area contributed by atoms with E-state index in [0.717, 1.165) is 37.2 Å². The van der Waals surface area contributed by atoms with Gasteiger partial charge in [-0.15, -0.1) is 0 Å². The molecule has 0 aliphatic carbocycles. The molecule has 1 unspecified atom stereocenters. The Morgan fingerprint density at radius 2 is 1.97 bits per heavy atom. The summed E-state index contributed by atoms with van der Waals surface area (Å²) in [6, 6.07) is 2.20. The highest BCUT2D eigenvalue weighted by molar-refractivity contribution is 7.90. The second-order valence-electron chi connectivity index (χ2n) is 9.49. The van der Waals surface area contributed by atoms with Gasteiger partial charge in [-0.05, 0) is 50.2 Å². The summed E-state index contributed by atoms with van der Waals surface area (Å²) in [5.74, 6) is -1.67. The van der Waals surface area contributed by atoms with Crippen LogP contribution >= 0.6 is 0 Å². The molecule has 3 heterocycles. The number of nitrogens with one attached hydrogen (secondary N) is 3. The van der Waals surface area contributed by atoms with Crippen LogP contribution in [0.15, 0.2) is 12.1 Å². The van der Waals surface area contributed by atoms with Gasteiger partial charge in [0, 0.05) is 44.5 Å². The van der Waals surface area contributed by atoms with Crippen molar-refractivity contribution in [2.45, 2.75) is 56.6 Å². The Kier molecular flexibility index (Phi) is 9.12. The Morgan fingerprint density at radius 3 is 2.64 bits per heavy atom. The summed E-state index contributed by atoms with van der Waals surface area (Å²) >= 11 is 0. The average Bonchev–Trinajstić information content (AvgIpc) is 2.83. The lowest BCUT2D eigenvalue weighted by molar-refractivity contribution is -0.152. The molecule has 200 valence electrons. The van der Waals surface area contributed by atoms with Crippen LogP contribution in [0.25, 0.3) is 0 Å². The van der Waals surface area contributed by atoms with Gasteiger partial charge in [0.25, 0.3) is 0 Å². The highest BCUT2D eigenvalue weighted by Crippen LogP contribution is 2.26. The molecule has 3 amide bonds. The van der Waals surface area contributed by atoms with Gasteiger partial charge in [0.1, 0.15) is 15.7 Å². The number of anilines is 1. The predicted octanol–water partition coefficient (Wildman–Crippen LogP) is -0.0871. The first-order valence-electron chi connectivity index (χ1n) is 12.1. The van der Waals surface area contributed by atoms with E-state index in [4.69, 9.17) is 0 Å². The number of rotatable bonds is 10. The number of carbonyl (C=O) groups is 3. The van der Waals surface area contributed by atoms with Crippen molar-refractivity contribution in [1.82, 2.24) is 20.5 Å². The number of carbonyl (C=O) groups excluding carboxylic acids is 2. The summed E-state index contributed by atoms with van der Waals surface area (Å²) in [5.41, 5.74) is 0.427. The van der Waals surface area contributed by atoms with Crippen LogP contribution in [0.1, 0.15) is 43.4 Å². The number of hydrogen-bond acceptors (Lipinski definition) is 8. The number of fused-ring (bicyclic) bond motifs is 1. The van der Waals surface area contributed by atoms with Crippen molar-refractivity contribution in [3.05, 3.63) is 23.4 Å². The van der Waals surface area contributed by atoms with Crippen LogP contribution in [0, 0.1) is 0 Å². The van der Waals surface area contributed by atoms with Crippen molar-refractivity contribution in [3.63, 3.8) is 0 Å². The number of aromatic nitrogens is 1. The van der Waals surface area contributed by atoms with Gasteiger partial charge in [0.05, 0.1) is 11.4 Å². The van der Waals surface area contributed by atoms with Crippen LogP contribution < -0.4 is 16.0 Å². The molecule has 36 heavy (non-hydrogen) atoms. The Balaban J connectivity index is 1.43. The first kappa shape index (κ1) is 27.7. The maximum atomic E-state index is 12.5. The average molecular weight is 526 g/mol. The lowest BCUT2D eigenvalue weighted by Crippen LogP contribution is -2.62. The van der Waals surface area contributed by atoms with Crippen LogP contribution in [0.5, 0.6) is 0 Å². The topological polar surface area (TPSA) is 178 Å². The van der Waals surface area contributed by atoms with E-state index in [9.17, 15) is 33.0 Å². The second-order valence-corrected chi connectivity index (χ2v) is 11.7. The van der Waals surface area contributed by atoms with Gasteiger partial charge in [-0.1, -0.05) is 6.07 Å². The van der Waals surface area contributed by atoms with Crippen molar-refractivity contribution in [1.29, 1.82) is 0 Å². The van der Waals surface area contributed by atoms with Crippen LogP contribution in [0.3, 0.4) is 0 Å². The van der Waals surface area contributed by atoms with E-state index in [2.05, 4.69) is 27.0 Å². The number of sulfone groups is 1. The Bertz CT molecular complexity index is 1070. The lowest BCUT2D eigenvalue weighted by Gasteiger charge is -2.41. The predicted molar refractivity (Wildman–Crippen MR) is 132 cm³/mol. The summed E-state index contributed by atoms with van der Waals surface area (Å²) in [6.07, 6.45) is 4.04. The van der Waals surface area contributed by atoms with Crippen molar-refractivity contribution in [2.24, 2.45) is 0 Å². The van der Waals surface area contributed by atoms with Crippen molar-refractivity contribution in [2.75, 3.05) is 43.5 Å². The largest absolute Gasteiger partial charge is 0.480 e. The zero-order valence-electron chi connectivity index (χ0n) is 20.5. The number of likely N-dealkylation sites (tertiary alicyclic amines) is 1. The molecule has 0 spiro atoms. The standard InChI is InChI=1S/C23H35N5O7S/c1-36(34,35)15-8-18(29)27-19(21(30)31)23(33)9-13-28(14-10-23)22(32)25-12-3-5-17-7-6-16-4-2-11-24-20(16)26-17/h6-7,19,33H,2-5,8-15H2,1H3,(H,24,26)(H,25,32)(H,27,29)(H,30,31). The van der Waals surface area contributed by atoms with E-state index in [1.54, 1.807) is 0 Å². The SMILES string of the molecule is CS(=O)(=O)CCC(=O)NC(C(=O)O)C1(O)CCN(C(=O)NCCCc2ccc3c(n2)NCCC3)CC1. The molecule has 3 rings (SSSR count). The molecule has 0 radical (unpaired) electrons.